The number of hydrogen-bond acceptors (Lipinski definition) is 6. The molecule has 8 nitrogen and oxygen atoms in total. The van der Waals surface area contributed by atoms with Gasteiger partial charge in [0.25, 0.3) is 0 Å². The Balaban J connectivity index is 3.15. The van der Waals surface area contributed by atoms with Gasteiger partial charge in [-0.25, -0.2) is 12.7 Å². The number of phenolic OH excluding ortho intramolecular Hbond substituents is 1. The van der Waals surface area contributed by atoms with Crippen LogP contribution < -0.4 is 5.73 Å². The van der Waals surface area contributed by atoms with Crippen LogP contribution in [0.25, 0.3) is 0 Å². The fourth-order valence-corrected chi connectivity index (χ4v) is 2.65. The van der Waals surface area contributed by atoms with Crippen molar-refractivity contribution in [1.82, 2.24) is 4.31 Å². The molecule has 1 rings (SSSR count). The second-order valence-corrected chi connectivity index (χ2v) is 5.92. The Morgan fingerprint density at radius 1 is 1.47 bits per heavy atom. The highest BCUT2D eigenvalue weighted by Gasteiger charge is 2.24. The van der Waals surface area contributed by atoms with Gasteiger partial charge in [-0.1, -0.05) is 0 Å². The number of nitro groups is 1. The Bertz CT molecular complexity index is 573. The first-order chi connectivity index (χ1) is 8.80. The number of nitro benzene ring substituents is 1. The first kappa shape index (κ1) is 15.3. The van der Waals surface area contributed by atoms with Gasteiger partial charge in [0.15, 0.2) is 5.75 Å². The molecule has 0 unspecified atom stereocenters. The third kappa shape index (κ3) is 3.40. The average molecular weight is 289 g/mol. The fraction of sp³-hybridized carbons (Fsp3) is 0.400. The minimum absolute atomic E-state index is 0.216. The molecule has 1 aromatic rings. The zero-order valence-electron chi connectivity index (χ0n) is 10.3. The minimum Gasteiger partial charge on any atom is -0.502 e. The average Bonchev–Trinajstić information content (AvgIpc) is 2.35. The summed E-state index contributed by atoms with van der Waals surface area (Å²) in [5.74, 6) is -0.575. The molecule has 19 heavy (non-hydrogen) atoms. The SMILES string of the molecule is CN(CCCN)S(=O)(=O)c1ccc(O)c([N+](=O)[O-])c1. The molecule has 0 aliphatic heterocycles. The van der Waals surface area contributed by atoms with E-state index in [0.717, 1.165) is 22.5 Å². The zero-order chi connectivity index (χ0) is 14.6. The predicted molar refractivity (Wildman–Crippen MR) is 68.2 cm³/mol. The summed E-state index contributed by atoms with van der Waals surface area (Å²) in [4.78, 5) is 9.59. The molecule has 3 N–H and O–H groups in total. The van der Waals surface area contributed by atoms with Crippen molar-refractivity contribution < 1.29 is 18.4 Å². The molecular formula is C10H15N3O5S. The number of nitrogens with two attached hydrogens (primary N) is 1. The summed E-state index contributed by atoms with van der Waals surface area (Å²) in [5.41, 5.74) is 4.65. The van der Waals surface area contributed by atoms with E-state index in [9.17, 15) is 23.6 Å². The fourth-order valence-electron chi connectivity index (χ4n) is 1.42. The van der Waals surface area contributed by atoms with Crippen LogP contribution in [-0.2, 0) is 10.0 Å². The molecule has 106 valence electrons. The smallest absolute Gasteiger partial charge is 0.312 e. The van der Waals surface area contributed by atoms with Crippen LogP contribution in [-0.4, -0.2) is 42.9 Å². The number of sulfonamides is 1. The van der Waals surface area contributed by atoms with E-state index >= 15 is 0 Å². The number of benzene rings is 1. The molecule has 0 aliphatic rings. The van der Waals surface area contributed by atoms with E-state index in [0.29, 0.717) is 13.0 Å². The summed E-state index contributed by atoms with van der Waals surface area (Å²) in [6, 6.07) is 2.95. The highest BCUT2D eigenvalue weighted by Crippen LogP contribution is 2.29. The van der Waals surface area contributed by atoms with Gasteiger partial charge in [0.05, 0.1) is 9.82 Å². The number of rotatable bonds is 6. The Hall–Kier alpha value is -1.71. The van der Waals surface area contributed by atoms with Gasteiger partial charge in [-0.2, -0.15) is 0 Å². The molecule has 0 saturated carbocycles. The van der Waals surface area contributed by atoms with Gasteiger partial charge in [-0.05, 0) is 25.1 Å². The number of nitrogens with zero attached hydrogens (tertiary/aromatic N) is 2. The van der Waals surface area contributed by atoms with Crippen LogP contribution in [0.2, 0.25) is 0 Å². The van der Waals surface area contributed by atoms with Crippen molar-refractivity contribution in [1.29, 1.82) is 0 Å². The monoisotopic (exact) mass is 289 g/mol. The number of aromatic hydroxyl groups is 1. The van der Waals surface area contributed by atoms with Gasteiger partial charge >= 0.3 is 5.69 Å². The summed E-state index contributed by atoms with van der Waals surface area (Å²) in [6.07, 6.45) is 0.482. The summed E-state index contributed by atoms with van der Waals surface area (Å²) < 4.78 is 25.3. The molecule has 0 fully saturated rings. The first-order valence-electron chi connectivity index (χ1n) is 5.44. The van der Waals surface area contributed by atoms with Crippen molar-refractivity contribution in [2.75, 3.05) is 20.1 Å². The molecule has 0 bridgehead atoms. The second-order valence-electron chi connectivity index (χ2n) is 3.88. The normalized spacial score (nSPS) is 11.7. The third-order valence-electron chi connectivity index (χ3n) is 2.53. The van der Waals surface area contributed by atoms with Crippen molar-refractivity contribution in [2.24, 2.45) is 5.73 Å². The van der Waals surface area contributed by atoms with Crippen molar-refractivity contribution in [3.05, 3.63) is 28.3 Å². The van der Waals surface area contributed by atoms with Crippen LogP contribution in [0.5, 0.6) is 5.75 Å². The zero-order valence-corrected chi connectivity index (χ0v) is 11.1. The molecule has 0 atom stereocenters. The molecule has 1 aromatic carbocycles. The maximum atomic E-state index is 12.1. The number of phenols is 1. The molecule has 0 saturated heterocycles. The van der Waals surface area contributed by atoms with Gasteiger partial charge in [0.1, 0.15) is 0 Å². The largest absolute Gasteiger partial charge is 0.502 e. The van der Waals surface area contributed by atoms with Crippen molar-refractivity contribution >= 4 is 15.7 Å². The van der Waals surface area contributed by atoms with Crippen LogP contribution in [0.4, 0.5) is 5.69 Å². The van der Waals surface area contributed by atoms with Crippen LogP contribution in [0.1, 0.15) is 6.42 Å². The quantitative estimate of drug-likeness (QED) is 0.571. The molecule has 0 radical (unpaired) electrons. The molecule has 0 aromatic heterocycles. The minimum atomic E-state index is -3.82. The highest BCUT2D eigenvalue weighted by molar-refractivity contribution is 7.89. The lowest BCUT2D eigenvalue weighted by Crippen LogP contribution is -2.29. The van der Waals surface area contributed by atoms with Gasteiger partial charge in [-0.3, -0.25) is 10.1 Å². The summed E-state index contributed by atoms with van der Waals surface area (Å²) in [6.45, 7) is 0.559. The Kier molecular flexibility index (Phi) is 4.81. The van der Waals surface area contributed by atoms with E-state index in [1.165, 1.54) is 7.05 Å². The van der Waals surface area contributed by atoms with Gasteiger partial charge in [0.2, 0.25) is 10.0 Å². The Labute approximate surface area is 110 Å². The molecule has 0 spiro atoms. The number of hydrogen-bond donors (Lipinski definition) is 2. The van der Waals surface area contributed by atoms with Gasteiger partial charge < -0.3 is 10.8 Å². The summed E-state index contributed by atoms with van der Waals surface area (Å²) in [5, 5.41) is 19.9. The van der Waals surface area contributed by atoms with Crippen LogP contribution in [0, 0.1) is 10.1 Å². The molecule has 0 aliphatic carbocycles. The van der Waals surface area contributed by atoms with E-state index in [1.54, 1.807) is 0 Å². The molecule has 9 heteroatoms. The van der Waals surface area contributed by atoms with E-state index in [1.807, 2.05) is 0 Å². The molecule has 0 amide bonds. The maximum absolute atomic E-state index is 12.1. The predicted octanol–water partition coefficient (Wildman–Crippen LogP) is 0.270. The summed E-state index contributed by atoms with van der Waals surface area (Å²) >= 11 is 0. The lowest BCUT2D eigenvalue weighted by atomic mass is 10.3. The lowest BCUT2D eigenvalue weighted by Gasteiger charge is -2.16. The first-order valence-corrected chi connectivity index (χ1v) is 6.88. The topological polar surface area (TPSA) is 127 Å². The molecular weight excluding hydrogens is 274 g/mol. The maximum Gasteiger partial charge on any atom is 0.312 e. The van der Waals surface area contributed by atoms with Crippen LogP contribution in [0.15, 0.2) is 23.1 Å². The van der Waals surface area contributed by atoms with Crippen molar-refractivity contribution in [3.8, 4) is 5.75 Å². The van der Waals surface area contributed by atoms with E-state index in [-0.39, 0.29) is 11.4 Å². The van der Waals surface area contributed by atoms with Crippen LogP contribution >= 0.6 is 0 Å². The second kappa shape index (κ2) is 5.95. The van der Waals surface area contributed by atoms with Crippen molar-refractivity contribution in [2.45, 2.75) is 11.3 Å². The molecule has 0 heterocycles. The van der Waals surface area contributed by atoms with E-state index in [4.69, 9.17) is 5.73 Å². The van der Waals surface area contributed by atoms with Gasteiger partial charge in [0, 0.05) is 19.7 Å². The standard InChI is InChI=1S/C10H15N3O5S/c1-12(6-2-5-11)19(17,18)8-3-4-10(14)9(7-8)13(15)16/h3-4,7,14H,2,5-6,11H2,1H3. The highest BCUT2D eigenvalue weighted by atomic mass is 32.2. The van der Waals surface area contributed by atoms with Gasteiger partial charge in [-0.15, -0.1) is 0 Å². The third-order valence-corrected chi connectivity index (χ3v) is 4.38. The van der Waals surface area contributed by atoms with E-state index in [2.05, 4.69) is 0 Å². The summed E-state index contributed by atoms with van der Waals surface area (Å²) in [7, 11) is -2.46. The van der Waals surface area contributed by atoms with Crippen molar-refractivity contribution in [3.63, 3.8) is 0 Å². The van der Waals surface area contributed by atoms with Crippen LogP contribution in [0.3, 0.4) is 0 Å². The Morgan fingerprint density at radius 3 is 2.63 bits per heavy atom. The Morgan fingerprint density at radius 2 is 2.11 bits per heavy atom. The van der Waals surface area contributed by atoms with E-state index < -0.39 is 26.4 Å². The lowest BCUT2D eigenvalue weighted by molar-refractivity contribution is -0.386.